The molecule has 2 rings (SSSR count). The van der Waals surface area contributed by atoms with Gasteiger partial charge < -0.3 is 25.6 Å². The molecule has 0 aliphatic rings. The molecule has 0 unspecified atom stereocenters. The van der Waals surface area contributed by atoms with Crippen molar-refractivity contribution < 1.29 is 29.0 Å². The van der Waals surface area contributed by atoms with Crippen molar-refractivity contribution in [2.75, 3.05) is 6.54 Å². The van der Waals surface area contributed by atoms with Crippen molar-refractivity contribution >= 4 is 24.1 Å². The lowest BCUT2D eigenvalue weighted by molar-refractivity contribution is -0.138. The Balaban J connectivity index is 1.98. The zero-order chi connectivity index (χ0) is 23.3. The van der Waals surface area contributed by atoms with Gasteiger partial charge in [0.2, 0.25) is 5.96 Å². The van der Waals surface area contributed by atoms with Crippen LogP contribution in [0.2, 0.25) is 0 Å². The maximum Gasteiger partial charge on any atom is 0.426 e. The number of amides is 2. The number of nitrogens with two attached hydrogens (primary N) is 1. The van der Waals surface area contributed by atoms with E-state index in [1.807, 2.05) is 12.1 Å². The van der Waals surface area contributed by atoms with E-state index in [1.54, 1.807) is 48.5 Å². The SMILES string of the molecule is N=C(NCCC[C@H](N)C(=O)O)N(C(=O)OCc1ccccc1)C(=O)OCc1ccccc1. The van der Waals surface area contributed by atoms with Crippen LogP contribution >= 0.6 is 0 Å². The summed E-state index contributed by atoms with van der Waals surface area (Å²) >= 11 is 0. The van der Waals surface area contributed by atoms with Crippen LogP contribution in [0.25, 0.3) is 0 Å². The van der Waals surface area contributed by atoms with Crippen molar-refractivity contribution in [3.63, 3.8) is 0 Å². The number of guanidine groups is 1. The molecule has 10 heteroatoms. The quantitative estimate of drug-likeness (QED) is 0.262. The number of imide groups is 1. The monoisotopic (exact) mass is 442 g/mol. The van der Waals surface area contributed by atoms with Gasteiger partial charge in [-0.2, -0.15) is 0 Å². The van der Waals surface area contributed by atoms with Crippen LogP contribution in [0, 0.1) is 5.41 Å². The van der Waals surface area contributed by atoms with Crippen molar-refractivity contribution in [3.05, 3.63) is 71.8 Å². The molecule has 0 heterocycles. The Morgan fingerprint density at radius 1 is 0.938 bits per heavy atom. The molecule has 0 fully saturated rings. The molecule has 0 saturated carbocycles. The van der Waals surface area contributed by atoms with Crippen LogP contribution in [0.1, 0.15) is 24.0 Å². The molecule has 0 aliphatic heterocycles. The maximum atomic E-state index is 12.6. The highest BCUT2D eigenvalue weighted by Crippen LogP contribution is 2.08. The van der Waals surface area contributed by atoms with Gasteiger partial charge in [-0.25, -0.2) is 9.59 Å². The van der Waals surface area contributed by atoms with Crippen molar-refractivity contribution in [1.29, 1.82) is 5.41 Å². The van der Waals surface area contributed by atoms with Crippen LogP contribution in [0.15, 0.2) is 60.7 Å². The number of hydrogen-bond acceptors (Lipinski definition) is 7. The zero-order valence-electron chi connectivity index (χ0n) is 17.4. The number of carbonyl (C=O) groups excluding carboxylic acids is 2. The summed E-state index contributed by atoms with van der Waals surface area (Å²) in [4.78, 5) is 36.4. The number of carboxylic acids is 1. The van der Waals surface area contributed by atoms with Gasteiger partial charge in [-0.15, -0.1) is 4.90 Å². The lowest BCUT2D eigenvalue weighted by Gasteiger charge is -2.21. The summed E-state index contributed by atoms with van der Waals surface area (Å²) in [6.07, 6.45) is -1.69. The number of aliphatic carboxylic acids is 1. The van der Waals surface area contributed by atoms with Crippen LogP contribution in [0.4, 0.5) is 9.59 Å². The lowest BCUT2D eigenvalue weighted by atomic mass is 10.2. The minimum Gasteiger partial charge on any atom is -0.480 e. The average Bonchev–Trinajstić information content (AvgIpc) is 2.80. The Morgan fingerprint density at radius 2 is 1.41 bits per heavy atom. The fourth-order valence-electron chi connectivity index (χ4n) is 2.56. The normalized spacial score (nSPS) is 11.2. The van der Waals surface area contributed by atoms with E-state index in [-0.39, 0.29) is 26.2 Å². The maximum absolute atomic E-state index is 12.6. The molecular formula is C22H26N4O6. The van der Waals surface area contributed by atoms with Gasteiger partial charge in [-0.3, -0.25) is 10.2 Å². The highest BCUT2D eigenvalue weighted by molar-refractivity contribution is 6.06. The number of ether oxygens (including phenoxy) is 2. The first-order valence-corrected chi connectivity index (χ1v) is 9.90. The average molecular weight is 442 g/mol. The van der Waals surface area contributed by atoms with Gasteiger partial charge in [0.15, 0.2) is 0 Å². The molecule has 0 spiro atoms. The Labute approximate surface area is 185 Å². The number of carbonyl (C=O) groups is 3. The first-order valence-electron chi connectivity index (χ1n) is 9.90. The molecule has 0 saturated heterocycles. The van der Waals surface area contributed by atoms with Crippen LogP contribution in [-0.4, -0.2) is 46.7 Å². The summed E-state index contributed by atoms with van der Waals surface area (Å²) < 4.78 is 10.3. The van der Waals surface area contributed by atoms with Gasteiger partial charge in [-0.05, 0) is 24.0 Å². The van der Waals surface area contributed by atoms with E-state index in [4.69, 9.17) is 25.7 Å². The van der Waals surface area contributed by atoms with Gasteiger partial charge >= 0.3 is 18.2 Å². The summed E-state index contributed by atoms with van der Waals surface area (Å²) in [5.74, 6) is -1.68. The van der Waals surface area contributed by atoms with Crippen molar-refractivity contribution in [1.82, 2.24) is 10.2 Å². The first kappa shape index (κ1) is 24.4. The Bertz CT molecular complexity index is 852. The fourth-order valence-corrected chi connectivity index (χ4v) is 2.56. The minimum absolute atomic E-state index is 0.0944. The smallest absolute Gasteiger partial charge is 0.426 e. The van der Waals surface area contributed by atoms with Crippen molar-refractivity contribution in [2.24, 2.45) is 5.73 Å². The minimum atomic E-state index is -1.13. The summed E-state index contributed by atoms with van der Waals surface area (Å²) in [6, 6.07) is 16.7. The molecule has 0 aliphatic carbocycles. The third kappa shape index (κ3) is 8.07. The number of benzene rings is 2. The molecule has 5 N–H and O–H groups in total. The second-order valence-corrected chi connectivity index (χ2v) is 6.78. The molecule has 2 amide bonds. The predicted molar refractivity (Wildman–Crippen MR) is 116 cm³/mol. The number of hydrogen-bond donors (Lipinski definition) is 4. The molecule has 32 heavy (non-hydrogen) atoms. The molecular weight excluding hydrogens is 416 g/mol. The molecule has 170 valence electrons. The van der Waals surface area contributed by atoms with Crippen LogP contribution < -0.4 is 11.1 Å². The van der Waals surface area contributed by atoms with E-state index in [0.29, 0.717) is 22.4 Å². The standard InChI is InChI=1S/C22H26N4O6/c23-18(19(27)28)12-7-13-25-20(24)26(21(29)31-14-16-8-3-1-4-9-16)22(30)32-15-17-10-5-2-6-11-17/h1-6,8-11,18H,7,12-15,23H2,(H2,24,25)(H,27,28)/t18-/m0/s1. The summed E-state index contributed by atoms with van der Waals surface area (Å²) in [5, 5.41) is 19.5. The summed E-state index contributed by atoms with van der Waals surface area (Å²) in [6.45, 7) is -0.0694. The van der Waals surface area contributed by atoms with E-state index in [2.05, 4.69) is 5.32 Å². The number of carboxylic acid groups (broad SMARTS) is 1. The number of rotatable bonds is 9. The van der Waals surface area contributed by atoms with Crippen molar-refractivity contribution in [2.45, 2.75) is 32.1 Å². The van der Waals surface area contributed by atoms with Crippen LogP contribution in [-0.2, 0) is 27.5 Å². The topological polar surface area (TPSA) is 155 Å². The number of nitrogens with one attached hydrogen (secondary N) is 2. The summed E-state index contributed by atoms with van der Waals surface area (Å²) in [7, 11) is 0. The molecule has 0 radical (unpaired) electrons. The third-order valence-corrected chi connectivity index (χ3v) is 4.30. The molecule has 10 nitrogen and oxygen atoms in total. The Kier molecular flexibility index (Phi) is 9.67. The predicted octanol–water partition coefficient (Wildman–Crippen LogP) is 2.68. The molecule has 1 atom stereocenters. The Hall–Kier alpha value is -3.92. The highest BCUT2D eigenvalue weighted by atomic mass is 16.6. The fraction of sp³-hybridized carbons (Fsp3) is 0.273. The van der Waals surface area contributed by atoms with Crippen molar-refractivity contribution in [3.8, 4) is 0 Å². The van der Waals surface area contributed by atoms with Gasteiger partial charge in [0, 0.05) is 6.54 Å². The molecule has 0 aromatic heterocycles. The van der Waals surface area contributed by atoms with E-state index < -0.39 is 30.2 Å². The van der Waals surface area contributed by atoms with Crippen LogP contribution in [0.3, 0.4) is 0 Å². The molecule has 0 bridgehead atoms. The molecule has 2 aromatic rings. The third-order valence-electron chi connectivity index (χ3n) is 4.30. The lowest BCUT2D eigenvalue weighted by Crippen LogP contribution is -2.48. The highest BCUT2D eigenvalue weighted by Gasteiger charge is 2.29. The Morgan fingerprint density at radius 3 is 1.84 bits per heavy atom. The van der Waals surface area contributed by atoms with Gasteiger partial charge in [-0.1, -0.05) is 60.7 Å². The van der Waals surface area contributed by atoms with E-state index in [1.165, 1.54) is 0 Å². The van der Waals surface area contributed by atoms with Gasteiger partial charge in [0.05, 0.1) is 0 Å². The largest absolute Gasteiger partial charge is 0.480 e. The number of nitrogens with zero attached hydrogens (tertiary/aromatic N) is 1. The zero-order valence-corrected chi connectivity index (χ0v) is 17.4. The second kappa shape index (κ2) is 12.7. The van der Waals surface area contributed by atoms with Crippen LogP contribution in [0.5, 0.6) is 0 Å². The van der Waals surface area contributed by atoms with Gasteiger partial charge in [0.25, 0.3) is 0 Å². The second-order valence-electron chi connectivity index (χ2n) is 6.78. The molecule has 2 aromatic carbocycles. The van der Waals surface area contributed by atoms with Gasteiger partial charge in [0.1, 0.15) is 19.3 Å². The summed E-state index contributed by atoms with van der Waals surface area (Å²) in [5.41, 5.74) is 6.86. The van der Waals surface area contributed by atoms with E-state index in [9.17, 15) is 14.4 Å². The first-order chi connectivity index (χ1) is 15.4. The van der Waals surface area contributed by atoms with E-state index >= 15 is 0 Å². The van der Waals surface area contributed by atoms with E-state index in [0.717, 1.165) is 0 Å².